The first-order valence-electron chi connectivity index (χ1n) is 6.57. The van der Waals surface area contributed by atoms with E-state index in [9.17, 15) is 4.79 Å². The summed E-state index contributed by atoms with van der Waals surface area (Å²) in [4.78, 5) is 16.1. The van der Waals surface area contributed by atoms with E-state index in [4.69, 9.17) is 0 Å². The summed E-state index contributed by atoms with van der Waals surface area (Å²) in [5.74, 6) is 0.0790. The molecule has 0 fully saturated rings. The number of Topliss-reactive ketones (excluding diaryl/α,β-unsaturated/α-hetero) is 1. The van der Waals surface area contributed by atoms with Crippen molar-refractivity contribution < 1.29 is 4.79 Å². The van der Waals surface area contributed by atoms with Crippen LogP contribution in [0.25, 0.3) is 11.1 Å². The van der Waals surface area contributed by atoms with Crippen LogP contribution in [0.1, 0.15) is 10.4 Å². The van der Waals surface area contributed by atoms with Gasteiger partial charge in [0, 0.05) is 22.4 Å². The van der Waals surface area contributed by atoms with Gasteiger partial charge < -0.3 is 4.57 Å². The molecular weight excluding hydrogens is 328 g/mol. The van der Waals surface area contributed by atoms with E-state index in [0.717, 1.165) is 15.6 Å². The van der Waals surface area contributed by atoms with Crippen molar-refractivity contribution in [2.75, 3.05) is 0 Å². The second-order valence-corrected chi connectivity index (χ2v) is 5.66. The molecule has 4 heteroatoms. The Morgan fingerprint density at radius 1 is 1.00 bits per heavy atom. The van der Waals surface area contributed by atoms with Crippen LogP contribution in [0.5, 0.6) is 0 Å². The molecule has 0 amide bonds. The second kappa shape index (κ2) is 6.06. The van der Waals surface area contributed by atoms with Crippen molar-refractivity contribution in [1.29, 1.82) is 0 Å². The smallest absolute Gasteiger partial charge is 0.182 e. The lowest BCUT2D eigenvalue weighted by atomic mass is 10.0. The van der Waals surface area contributed by atoms with Crippen LogP contribution in [0.15, 0.2) is 71.7 Å². The summed E-state index contributed by atoms with van der Waals surface area (Å²) in [5, 5.41) is 0. The topological polar surface area (TPSA) is 34.9 Å². The highest BCUT2D eigenvalue weighted by atomic mass is 79.9. The predicted octanol–water partition coefficient (Wildman–Crippen LogP) is 4.20. The number of ketones is 1. The van der Waals surface area contributed by atoms with Gasteiger partial charge in [0.05, 0.1) is 12.9 Å². The standard InChI is InChI=1S/C17H13BrN2O/c18-16-7-5-14(6-8-16)13-1-3-15(4-2-13)17(21)11-20-10-9-19-12-20/h1-10,12H,11H2. The third-order valence-electron chi connectivity index (χ3n) is 3.27. The minimum absolute atomic E-state index is 0.0790. The first kappa shape index (κ1) is 13.8. The number of imidazole rings is 1. The van der Waals surface area contributed by atoms with E-state index in [1.807, 2.05) is 48.5 Å². The first-order valence-corrected chi connectivity index (χ1v) is 7.36. The van der Waals surface area contributed by atoms with Gasteiger partial charge in [0.2, 0.25) is 0 Å². The molecule has 0 atom stereocenters. The van der Waals surface area contributed by atoms with Gasteiger partial charge in [0.15, 0.2) is 5.78 Å². The van der Waals surface area contributed by atoms with Crippen molar-refractivity contribution in [2.45, 2.75) is 6.54 Å². The molecule has 0 aliphatic heterocycles. The molecule has 0 aliphatic rings. The van der Waals surface area contributed by atoms with Crippen molar-refractivity contribution >= 4 is 21.7 Å². The maximum absolute atomic E-state index is 12.1. The fourth-order valence-corrected chi connectivity index (χ4v) is 2.39. The zero-order chi connectivity index (χ0) is 14.7. The Morgan fingerprint density at radius 2 is 1.62 bits per heavy atom. The molecule has 0 saturated heterocycles. The fourth-order valence-electron chi connectivity index (χ4n) is 2.13. The summed E-state index contributed by atoms with van der Waals surface area (Å²) in [6, 6.07) is 15.8. The van der Waals surface area contributed by atoms with Crippen molar-refractivity contribution in [3.8, 4) is 11.1 Å². The third kappa shape index (κ3) is 3.28. The van der Waals surface area contributed by atoms with Crippen LogP contribution in [0.2, 0.25) is 0 Å². The van der Waals surface area contributed by atoms with E-state index in [0.29, 0.717) is 12.1 Å². The summed E-state index contributed by atoms with van der Waals surface area (Å²) in [6.45, 7) is 0.317. The average molecular weight is 341 g/mol. The highest BCUT2D eigenvalue weighted by Gasteiger charge is 2.07. The van der Waals surface area contributed by atoms with Gasteiger partial charge in [-0.3, -0.25) is 4.79 Å². The van der Waals surface area contributed by atoms with Gasteiger partial charge in [-0.15, -0.1) is 0 Å². The van der Waals surface area contributed by atoms with Crippen LogP contribution in [0, 0.1) is 0 Å². The van der Waals surface area contributed by atoms with Crippen molar-refractivity contribution in [1.82, 2.24) is 9.55 Å². The molecule has 3 rings (SSSR count). The number of hydrogen-bond acceptors (Lipinski definition) is 2. The Labute approximate surface area is 131 Å². The van der Waals surface area contributed by atoms with Gasteiger partial charge in [-0.05, 0) is 23.3 Å². The maximum atomic E-state index is 12.1. The zero-order valence-electron chi connectivity index (χ0n) is 11.2. The van der Waals surface area contributed by atoms with Crippen LogP contribution < -0.4 is 0 Å². The summed E-state index contributed by atoms with van der Waals surface area (Å²) in [5.41, 5.74) is 2.94. The molecule has 0 unspecified atom stereocenters. The van der Waals surface area contributed by atoms with Gasteiger partial charge in [0.1, 0.15) is 0 Å². The number of hydrogen-bond donors (Lipinski definition) is 0. The zero-order valence-corrected chi connectivity index (χ0v) is 12.8. The molecule has 0 N–H and O–H groups in total. The van der Waals surface area contributed by atoms with E-state index < -0.39 is 0 Å². The van der Waals surface area contributed by atoms with E-state index >= 15 is 0 Å². The quantitative estimate of drug-likeness (QED) is 0.667. The third-order valence-corrected chi connectivity index (χ3v) is 3.80. The van der Waals surface area contributed by atoms with Crippen LogP contribution >= 0.6 is 15.9 Å². The van der Waals surface area contributed by atoms with E-state index in [-0.39, 0.29) is 5.78 Å². The summed E-state index contributed by atoms with van der Waals surface area (Å²) >= 11 is 3.42. The Hall–Kier alpha value is -2.20. The number of nitrogens with zero attached hydrogens (tertiary/aromatic N) is 2. The minimum atomic E-state index is 0.0790. The number of benzene rings is 2. The van der Waals surface area contributed by atoms with Gasteiger partial charge in [-0.1, -0.05) is 52.3 Å². The van der Waals surface area contributed by atoms with Gasteiger partial charge in [-0.2, -0.15) is 0 Å². The molecule has 0 bridgehead atoms. The lowest BCUT2D eigenvalue weighted by molar-refractivity contribution is 0.0972. The van der Waals surface area contributed by atoms with Crippen molar-refractivity contribution in [3.63, 3.8) is 0 Å². The summed E-state index contributed by atoms with van der Waals surface area (Å²) in [7, 11) is 0. The number of aromatic nitrogens is 2. The van der Waals surface area contributed by atoms with E-state index in [1.54, 1.807) is 23.3 Å². The molecule has 0 saturated carbocycles. The number of carbonyl (C=O) groups is 1. The second-order valence-electron chi connectivity index (χ2n) is 4.74. The molecule has 3 aromatic rings. The maximum Gasteiger partial charge on any atom is 0.182 e. The molecule has 2 aromatic carbocycles. The number of rotatable bonds is 4. The predicted molar refractivity (Wildman–Crippen MR) is 86.1 cm³/mol. The Balaban J connectivity index is 1.77. The molecule has 21 heavy (non-hydrogen) atoms. The first-order chi connectivity index (χ1) is 10.2. The number of halogens is 1. The summed E-state index contributed by atoms with van der Waals surface area (Å²) in [6.07, 6.45) is 5.10. The molecule has 1 heterocycles. The Kier molecular flexibility index (Phi) is 3.97. The van der Waals surface area contributed by atoms with Gasteiger partial charge in [0.25, 0.3) is 0 Å². The molecule has 0 radical (unpaired) electrons. The SMILES string of the molecule is O=C(Cn1ccnc1)c1ccc(-c2ccc(Br)cc2)cc1. The molecule has 0 aliphatic carbocycles. The van der Waals surface area contributed by atoms with E-state index in [1.165, 1.54) is 0 Å². The highest BCUT2D eigenvalue weighted by Crippen LogP contribution is 2.22. The van der Waals surface area contributed by atoms with Crippen molar-refractivity contribution in [3.05, 3.63) is 77.3 Å². The van der Waals surface area contributed by atoms with Crippen LogP contribution in [0.3, 0.4) is 0 Å². The molecule has 0 spiro atoms. The van der Waals surface area contributed by atoms with Gasteiger partial charge in [-0.25, -0.2) is 4.98 Å². The minimum Gasteiger partial charge on any atom is -0.330 e. The molecule has 3 nitrogen and oxygen atoms in total. The Morgan fingerprint density at radius 3 is 2.19 bits per heavy atom. The Bertz CT molecular complexity index is 731. The molecule has 104 valence electrons. The molecular formula is C17H13BrN2O. The number of carbonyl (C=O) groups excluding carboxylic acids is 1. The lowest BCUT2D eigenvalue weighted by Crippen LogP contribution is -2.08. The lowest BCUT2D eigenvalue weighted by Gasteiger charge is -2.05. The van der Waals surface area contributed by atoms with Crippen molar-refractivity contribution in [2.24, 2.45) is 0 Å². The summed E-state index contributed by atoms with van der Waals surface area (Å²) < 4.78 is 2.82. The van der Waals surface area contributed by atoms with Gasteiger partial charge >= 0.3 is 0 Å². The average Bonchev–Trinajstić information content (AvgIpc) is 3.01. The normalized spacial score (nSPS) is 10.5. The molecule has 1 aromatic heterocycles. The van der Waals surface area contributed by atoms with E-state index in [2.05, 4.69) is 20.9 Å². The van der Waals surface area contributed by atoms with Crippen LogP contribution in [-0.4, -0.2) is 15.3 Å². The fraction of sp³-hybridized carbons (Fsp3) is 0.0588. The monoisotopic (exact) mass is 340 g/mol. The van der Waals surface area contributed by atoms with Crippen LogP contribution in [-0.2, 0) is 6.54 Å². The van der Waals surface area contributed by atoms with Crippen LogP contribution in [0.4, 0.5) is 0 Å². The largest absolute Gasteiger partial charge is 0.330 e. The highest BCUT2D eigenvalue weighted by molar-refractivity contribution is 9.10.